The van der Waals surface area contributed by atoms with E-state index in [0.29, 0.717) is 16.6 Å². The number of nitrogens with zero attached hydrogens (tertiary/aromatic N) is 4. The number of nitrogens with two attached hydrogens (primary N) is 1. The topological polar surface area (TPSA) is 90.2 Å². The molecule has 3 aromatic heterocycles. The molecule has 0 amide bonds. The fourth-order valence-corrected chi connectivity index (χ4v) is 2.75. The molecule has 3 N–H and O–H groups in total. The van der Waals surface area contributed by atoms with Gasteiger partial charge in [-0.05, 0) is 36.0 Å². The van der Waals surface area contributed by atoms with Gasteiger partial charge < -0.3 is 5.73 Å². The van der Waals surface area contributed by atoms with Crippen LogP contribution in [0.4, 0.5) is 4.39 Å². The third kappa shape index (κ3) is 2.50. The summed E-state index contributed by atoms with van der Waals surface area (Å²) < 4.78 is 15.9. The molecule has 124 valence electrons. The first-order valence-electron chi connectivity index (χ1n) is 7.25. The highest BCUT2D eigenvalue weighted by atomic mass is 32.1. The second-order valence-electron chi connectivity index (χ2n) is 5.32. The molecule has 0 bridgehead atoms. The van der Waals surface area contributed by atoms with Crippen LogP contribution in [0.3, 0.4) is 0 Å². The summed E-state index contributed by atoms with van der Waals surface area (Å²) in [4.78, 5) is 16.8. The van der Waals surface area contributed by atoms with Crippen LogP contribution >= 0.6 is 12.2 Å². The lowest BCUT2D eigenvalue weighted by Crippen LogP contribution is -2.35. The minimum Gasteiger partial charge on any atom is -0.375 e. The van der Waals surface area contributed by atoms with Crippen LogP contribution < -0.4 is 16.7 Å². The number of nitrogens with one attached hydrogen (secondary N) is 1. The van der Waals surface area contributed by atoms with Crippen LogP contribution in [0.1, 0.15) is 0 Å². The van der Waals surface area contributed by atoms with Gasteiger partial charge in [-0.3, -0.25) is 10.2 Å². The molecule has 0 saturated carbocycles. The number of thiocarbonyl (C=S) groups is 1. The molecule has 0 radical (unpaired) electrons. The zero-order valence-corrected chi connectivity index (χ0v) is 13.5. The fraction of sp³-hybridized carbons (Fsp3) is 0. The number of aromatic nitrogens is 4. The predicted molar refractivity (Wildman–Crippen MR) is 96.3 cm³/mol. The first-order valence-corrected chi connectivity index (χ1v) is 7.66. The molecule has 0 atom stereocenters. The van der Waals surface area contributed by atoms with Crippen molar-refractivity contribution in [1.82, 2.24) is 19.3 Å². The normalized spacial score (nSPS) is 11.1. The maximum Gasteiger partial charge on any atom is 0.280 e. The molecule has 0 spiro atoms. The number of pyridine rings is 1. The molecule has 0 aliphatic rings. The number of benzene rings is 1. The van der Waals surface area contributed by atoms with Gasteiger partial charge in [0.05, 0.1) is 17.1 Å². The van der Waals surface area contributed by atoms with Gasteiger partial charge in [0.25, 0.3) is 5.56 Å². The second-order valence-corrected chi connectivity index (χ2v) is 5.76. The van der Waals surface area contributed by atoms with Crippen molar-refractivity contribution >= 4 is 33.9 Å². The Kier molecular flexibility index (Phi) is 3.43. The van der Waals surface area contributed by atoms with Gasteiger partial charge in [0.15, 0.2) is 10.8 Å². The highest BCUT2D eigenvalue weighted by molar-refractivity contribution is 7.80. The number of hydrogen-bond donors (Lipinski definition) is 2. The van der Waals surface area contributed by atoms with E-state index in [4.69, 9.17) is 18.0 Å². The zero-order valence-electron chi connectivity index (χ0n) is 12.7. The van der Waals surface area contributed by atoms with Gasteiger partial charge in [0.1, 0.15) is 5.82 Å². The summed E-state index contributed by atoms with van der Waals surface area (Å²) in [7, 11) is 0. The summed E-state index contributed by atoms with van der Waals surface area (Å²) >= 11 is 4.75. The maximum atomic E-state index is 13.1. The third-order valence-electron chi connectivity index (χ3n) is 3.78. The van der Waals surface area contributed by atoms with E-state index < -0.39 is 0 Å². The van der Waals surface area contributed by atoms with Crippen LogP contribution in [0.25, 0.3) is 27.7 Å². The summed E-state index contributed by atoms with van der Waals surface area (Å²) in [5.74, 6) is -0.315. The van der Waals surface area contributed by atoms with Crippen LogP contribution in [0.15, 0.2) is 53.7 Å². The first-order chi connectivity index (χ1) is 12.0. The van der Waals surface area contributed by atoms with Crippen LogP contribution in [0.2, 0.25) is 0 Å². The fourth-order valence-electron chi connectivity index (χ4n) is 2.66. The molecule has 1 aromatic carbocycles. The maximum absolute atomic E-state index is 13.1. The molecule has 0 aliphatic carbocycles. The molecule has 7 nitrogen and oxygen atoms in total. The minimum atomic E-state index is -0.349. The average molecular weight is 354 g/mol. The van der Waals surface area contributed by atoms with Crippen LogP contribution in [-0.4, -0.2) is 24.4 Å². The van der Waals surface area contributed by atoms with Crippen LogP contribution in [0, 0.1) is 5.82 Å². The lowest BCUT2D eigenvalue weighted by atomic mass is 10.1. The Morgan fingerprint density at radius 2 is 1.96 bits per heavy atom. The Bertz CT molecular complexity index is 1180. The van der Waals surface area contributed by atoms with Gasteiger partial charge in [-0.25, -0.2) is 18.6 Å². The Balaban J connectivity index is 1.94. The van der Waals surface area contributed by atoms with Crippen molar-refractivity contribution in [2.75, 3.05) is 5.43 Å². The molecule has 3 heterocycles. The molecule has 25 heavy (non-hydrogen) atoms. The number of hydrogen-bond acceptors (Lipinski definition) is 4. The van der Waals surface area contributed by atoms with E-state index in [1.165, 1.54) is 29.2 Å². The number of fused-ring (bicyclic) bond motifs is 3. The standard InChI is InChI=1S/C16H11FN6OS/c17-10-3-1-9(2-4-10)11-8-20-23-13-5-6-22(21-16(18)25)15(24)12(13)7-19-14(11)23/h1-8H,(H3,18,21,25). The molecule has 4 aromatic rings. The van der Waals surface area contributed by atoms with E-state index in [0.717, 1.165) is 11.1 Å². The largest absolute Gasteiger partial charge is 0.375 e. The van der Waals surface area contributed by atoms with E-state index in [1.807, 2.05) is 0 Å². The van der Waals surface area contributed by atoms with E-state index in [2.05, 4.69) is 15.5 Å². The highest BCUT2D eigenvalue weighted by Crippen LogP contribution is 2.25. The monoisotopic (exact) mass is 354 g/mol. The van der Waals surface area contributed by atoms with E-state index in [-0.39, 0.29) is 16.5 Å². The summed E-state index contributed by atoms with van der Waals surface area (Å²) in [6, 6.07) is 7.77. The van der Waals surface area contributed by atoms with Crippen molar-refractivity contribution in [3.63, 3.8) is 0 Å². The Hall–Kier alpha value is -3.33. The number of rotatable bonds is 2. The van der Waals surface area contributed by atoms with Crippen molar-refractivity contribution in [2.24, 2.45) is 5.73 Å². The van der Waals surface area contributed by atoms with Gasteiger partial charge in [0.2, 0.25) is 0 Å². The minimum absolute atomic E-state index is 0.0202. The van der Waals surface area contributed by atoms with E-state index in [9.17, 15) is 9.18 Å². The van der Waals surface area contributed by atoms with Crippen molar-refractivity contribution in [1.29, 1.82) is 0 Å². The molecule has 0 unspecified atom stereocenters. The van der Waals surface area contributed by atoms with Crippen molar-refractivity contribution in [2.45, 2.75) is 0 Å². The average Bonchev–Trinajstić information content (AvgIpc) is 3.02. The molecular formula is C16H11FN6OS. The van der Waals surface area contributed by atoms with Crippen molar-refractivity contribution < 1.29 is 4.39 Å². The Morgan fingerprint density at radius 1 is 1.20 bits per heavy atom. The van der Waals surface area contributed by atoms with Gasteiger partial charge in [-0.1, -0.05) is 12.1 Å². The summed E-state index contributed by atoms with van der Waals surface area (Å²) in [5, 5.41) is 4.65. The molecular weight excluding hydrogens is 343 g/mol. The van der Waals surface area contributed by atoms with E-state index >= 15 is 0 Å². The van der Waals surface area contributed by atoms with Crippen molar-refractivity contribution in [3.05, 3.63) is 65.1 Å². The molecule has 4 rings (SSSR count). The molecule has 0 saturated heterocycles. The first kappa shape index (κ1) is 15.2. The highest BCUT2D eigenvalue weighted by Gasteiger charge is 2.13. The van der Waals surface area contributed by atoms with E-state index in [1.54, 1.807) is 28.9 Å². The van der Waals surface area contributed by atoms with Crippen LogP contribution in [0.5, 0.6) is 0 Å². The lowest BCUT2D eigenvalue weighted by Gasteiger charge is -2.08. The lowest BCUT2D eigenvalue weighted by molar-refractivity contribution is 0.628. The van der Waals surface area contributed by atoms with Gasteiger partial charge in [0, 0.05) is 18.0 Å². The molecule has 0 aliphatic heterocycles. The summed E-state index contributed by atoms with van der Waals surface area (Å²) in [6.45, 7) is 0. The molecule has 9 heteroatoms. The third-order valence-corrected chi connectivity index (χ3v) is 3.87. The van der Waals surface area contributed by atoms with Crippen LogP contribution in [-0.2, 0) is 0 Å². The summed E-state index contributed by atoms with van der Waals surface area (Å²) in [6.07, 6.45) is 4.62. The Morgan fingerprint density at radius 3 is 2.68 bits per heavy atom. The smallest absolute Gasteiger partial charge is 0.280 e. The van der Waals surface area contributed by atoms with Gasteiger partial charge in [-0.15, -0.1) is 0 Å². The quantitative estimate of drug-likeness (QED) is 0.532. The SMILES string of the molecule is NC(=S)Nn1ccc2c(cnc3c(-c4ccc(F)cc4)cnn32)c1=O. The number of halogens is 1. The zero-order chi connectivity index (χ0) is 17.6. The Labute approximate surface area is 145 Å². The summed E-state index contributed by atoms with van der Waals surface area (Å²) in [5.41, 5.74) is 10.3. The molecule has 0 fully saturated rings. The second kappa shape index (κ2) is 5.64. The van der Waals surface area contributed by atoms with Gasteiger partial charge >= 0.3 is 0 Å². The van der Waals surface area contributed by atoms with Gasteiger partial charge in [-0.2, -0.15) is 5.10 Å². The predicted octanol–water partition coefficient (Wildman–Crippen LogP) is 1.64. The van der Waals surface area contributed by atoms with Crippen molar-refractivity contribution in [3.8, 4) is 11.1 Å².